The van der Waals surface area contributed by atoms with Gasteiger partial charge in [-0.3, -0.25) is 4.31 Å². The largest absolute Gasteiger partial charge is 0.496 e. The van der Waals surface area contributed by atoms with Crippen molar-refractivity contribution in [1.82, 2.24) is 0 Å². The van der Waals surface area contributed by atoms with Gasteiger partial charge in [-0.1, -0.05) is 24.3 Å². The summed E-state index contributed by atoms with van der Waals surface area (Å²) in [6.07, 6.45) is 0. The number of hydrogen-bond donors (Lipinski definition) is 0. The van der Waals surface area contributed by atoms with Crippen LogP contribution >= 0.6 is 0 Å². The molecule has 3 rings (SSSR count). The number of halogens is 2. The fourth-order valence-corrected chi connectivity index (χ4v) is 4.67. The number of methoxy groups -OCH3 is 1. The highest BCUT2D eigenvalue weighted by atomic mass is 32.2. The predicted molar refractivity (Wildman–Crippen MR) is 104 cm³/mol. The molecule has 0 unspecified atom stereocenters. The van der Waals surface area contributed by atoms with E-state index in [0.717, 1.165) is 22.5 Å². The highest BCUT2D eigenvalue weighted by Crippen LogP contribution is 2.36. The minimum absolute atomic E-state index is 0.0973. The summed E-state index contributed by atoms with van der Waals surface area (Å²) in [5.41, 5.74) is 0.766. The number of nitrogens with zero attached hydrogens (tertiary/aromatic N) is 1. The van der Waals surface area contributed by atoms with Crippen LogP contribution in [0.3, 0.4) is 0 Å². The Morgan fingerprint density at radius 1 is 0.893 bits per heavy atom. The van der Waals surface area contributed by atoms with E-state index < -0.39 is 27.7 Å². The van der Waals surface area contributed by atoms with Crippen molar-refractivity contribution in [2.75, 3.05) is 11.4 Å². The third-order valence-electron chi connectivity index (χ3n) is 4.37. The number of hydrogen-bond acceptors (Lipinski definition) is 3. The second-order valence-corrected chi connectivity index (χ2v) is 7.97. The van der Waals surface area contributed by atoms with Crippen molar-refractivity contribution in [3.8, 4) is 5.75 Å². The Labute approximate surface area is 163 Å². The Morgan fingerprint density at radius 3 is 2.21 bits per heavy atom. The molecule has 0 heterocycles. The standard InChI is InChI=1S/C21H19F2NO3S/c1-15(20-8-3-4-9-21(20)27-2)24(18-7-5-6-17(23)14-18)28(25,26)19-12-10-16(22)11-13-19/h3-15H,1-2H3/t15-/m1/s1. The molecule has 0 bridgehead atoms. The van der Waals surface area contributed by atoms with Crippen LogP contribution in [0.2, 0.25) is 0 Å². The summed E-state index contributed by atoms with van der Waals surface area (Å²) in [5.74, 6) is -0.608. The van der Waals surface area contributed by atoms with Gasteiger partial charge in [-0.15, -0.1) is 0 Å². The van der Waals surface area contributed by atoms with Gasteiger partial charge in [0.05, 0.1) is 23.7 Å². The summed E-state index contributed by atoms with van der Waals surface area (Å²) in [4.78, 5) is -0.0973. The molecule has 1 atom stereocenters. The van der Waals surface area contributed by atoms with Crippen molar-refractivity contribution in [3.63, 3.8) is 0 Å². The lowest BCUT2D eigenvalue weighted by atomic mass is 10.1. The van der Waals surface area contributed by atoms with E-state index in [1.165, 1.54) is 37.4 Å². The van der Waals surface area contributed by atoms with Crippen LogP contribution in [-0.4, -0.2) is 15.5 Å². The fourth-order valence-electron chi connectivity index (χ4n) is 3.04. The fraction of sp³-hybridized carbons (Fsp3) is 0.143. The first-order valence-electron chi connectivity index (χ1n) is 8.53. The summed E-state index contributed by atoms with van der Waals surface area (Å²) < 4.78 is 60.5. The molecule has 3 aromatic rings. The normalized spacial score (nSPS) is 12.4. The third kappa shape index (κ3) is 3.84. The molecule has 0 spiro atoms. The molecule has 3 aromatic carbocycles. The third-order valence-corrected chi connectivity index (χ3v) is 6.29. The van der Waals surface area contributed by atoms with Gasteiger partial charge < -0.3 is 4.74 Å². The highest BCUT2D eigenvalue weighted by Gasteiger charge is 2.32. The van der Waals surface area contributed by atoms with Gasteiger partial charge in [0.15, 0.2) is 0 Å². The van der Waals surface area contributed by atoms with Gasteiger partial charge in [-0.25, -0.2) is 17.2 Å². The molecule has 28 heavy (non-hydrogen) atoms. The minimum Gasteiger partial charge on any atom is -0.496 e. The van der Waals surface area contributed by atoms with Crippen molar-refractivity contribution in [1.29, 1.82) is 0 Å². The summed E-state index contributed by atoms with van der Waals surface area (Å²) in [7, 11) is -2.62. The van der Waals surface area contributed by atoms with E-state index in [1.807, 2.05) is 0 Å². The highest BCUT2D eigenvalue weighted by molar-refractivity contribution is 7.92. The van der Waals surface area contributed by atoms with E-state index in [1.54, 1.807) is 31.2 Å². The maximum Gasteiger partial charge on any atom is 0.264 e. The number of sulfonamides is 1. The number of benzene rings is 3. The molecule has 0 fully saturated rings. The Balaban J connectivity index is 2.19. The number of rotatable bonds is 6. The van der Waals surface area contributed by atoms with E-state index in [0.29, 0.717) is 11.3 Å². The van der Waals surface area contributed by atoms with Crippen LogP contribution in [0.5, 0.6) is 5.75 Å². The van der Waals surface area contributed by atoms with Crippen LogP contribution in [-0.2, 0) is 10.0 Å². The number of ether oxygens (including phenoxy) is 1. The van der Waals surface area contributed by atoms with Crippen LogP contribution in [0.15, 0.2) is 77.7 Å². The van der Waals surface area contributed by atoms with Crippen LogP contribution in [0, 0.1) is 11.6 Å². The van der Waals surface area contributed by atoms with Crippen molar-refractivity contribution in [2.24, 2.45) is 0 Å². The quantitative estimate of drug-likeness (QED) is 0.586. The Bertz CT molecular complexity index is 1070. The van der Waals surface area contributed by atoms with Crippen LogP contribution in [0.1, 0.15) is 18.5 Å². The predicted octanol–water partition coefficient (Wildman–Crippen LogP) is 4.93. The molecule has 7 heteroatoms. The Morgan fingerprint density at radius 2 is 1.57 bits per heavy atom. The molecular weight excluding hydrogens is 384 g/mol. The molecule has 4 nitrogen and oxygen atoms in total. The van der Waals surface area contributed by atoms with Crippen molar-refractivity contribution >= 4 is 15.7 Å². The van der Waals surface area contributed by atoms with Gasteiger partial charge in [0.25, 0.3) is 10.0 Å². The zero-order valence-corrected chi connectivity index (χ0v) is 16.2. The van der Waals surface area contributed by atoms with E-state index >= 15 is 0 Å². The molecule has 0 N–H and O–H groups in total. The molecule has 0 aliphatic rings. The first-order valence-corrected chi connectivity index (χ1v) is 9.97. The molecule has 146 valence electrons. The van der Waals surface area contributed by atoms with Gasteiger partial charge in [-0.2, -0.15) is 0 Å². The molecule has 0 aliphatic heterocycles. The van der Waals surface area contributed by atoms with Gasteiger partial charge in [0, 0.05) is 5.56 Å². The Hall–Kier alpha value is -2.93. The van der Waals surface area contributed by atoms with Crippen LogP contribution in [0.4, 0.5) is 14.5 Å². The summed E-state index contributed by atoms with van der Waals surface area (Å²) in [6, 6.07) is 16.1. The van der Waals surface area contributed by atoms with Gasteiger partial charge >= 0.3 is 0 Å². The molecule has 0 saturated carbocycles. The molecular formula is C21H19F2NO3S. The second kappa shape index (κ2) is 7.98. The van der Waals surface area contributed by atoms with Crippen molar-refractivity contribution in [3.05, 3.63) is 90.0 Å². The Kier molecular flexibility index (Phi) is 5.65. The molecule has 0 aliphatic carbocycles. The first-order chi connectivity index (χ1) is 13.3. The van der Waals surface area contributed by atoms with Gasteiger partial charge in [0.2, 0.25) is 0 Å². The number of anilines is 1. The average Bonchev–Trinajstić information content (AvgIpc) is 2.68. The SMILES string of the molecule is COc1ccccc1[C@@H](C)N(c1cccc(F)c1)S(=O)(=O)c1ccc(F)cc1. The van der Waals surface area contributed by atoms with E-state index in [4.69, 9.17) is 4.74 Å². The monoisotopic (exact) mass is 403 g/mol. The molecule has 0 radical (unpaired) electrons. The maximum atomic E-state index is 13.9. The lowest BCUT2D eigenvalue weighted by Crippen LogP contribution is -2.34. The molecule has 0 saturated heterocycles. The van der Waals surface area contributed by atoms with E-state index in [9.17, 15) is 17.2 Å². The first kappa shape index (κ1) is 19.8. The minimum atomic E-state index is -4.12. The zero-order valence-electron chi connectivity index (χ0n) is 15.3. The topological polar surface area (TPSA) is 46.6 Å². The number of para-hydroxylation sites is 1. The summed E-state index contributed by atoms with van der Waals surface area (Å²) >= 11 is 0. The van der Waals surface area contributed by atoms with Crippen LogP contribution in [0.25, 0.3) is 0 Å². The second-order valence-electron chi connectivity index (χ2n) is 6.15. The van der Waals surface area contributed by atoms with Crippen molar-refractivity contribution < 1.29 is 21.9 Å². The lowest BCUT2D eigenvalue weighted by molar-refractivity contribution is 0.407. The smallest absolute Gasteiger partial charge is 0.264 e. The molecule has 0 amide bonds. The van der Waals surface area contributed by atoms with E-state index in [-0.39, 0.29) is 10.6 Å². The zero-order chi connectivity index (χ0) is 20.3. The van der Waals surface area contributed by atoms with E-state index in [2.05, 4.69) is 0 Å². The van der Waals surface area contributed by atoms with Crippen LogP contribution < -0.4 is 9.04 Å². The van der Waals surface area contributed by atoms with Crippen molar-refractivity contribution in [2.45, 2.75) is 17.9 Å². The summed E-state index contributed by atoms with van der Waals surface area (Å²) in [6.45, 7) is 1.68. The molecule has 0 aromatic heterocycles. The summed E-state index contributed by atoms with van der Waals surface area (Å²) in [5, 5.41) is 0. The average molecular weight is 403 g/mol. The lowest BCUT2D eigenvalue weighted by Gasteiger charge is -2.31. The van der Waals surface area contributed by atoms with Gasteiger partial charge in [-0.05, 0) is 55.5 Å². The maximum absolute atomic E-state index is 13.9. The van der Waals surface area contributed by atoms with Gasteiger partial charge in [0.1, 0.15) is 17.4 Å².